The van der Waals surface area contributed by atoms with Crippen molar-refractivity contribution in [1.29, 1.82) is 5.26 Å². The monoisotopic (exact) mass is 557 g/mol. The van der Waals surface area contributed by atoms with Gasteiger partial charge >= 0.3 is 5.97 Å². The number of thioether (sulfide) groups is 1. The van der Waals surface area contributed by atoms with Crippen molar-refractivity contribution in [2.24, 2.45) is 0 Å². The molecule has 39 heavy (non-hydrogen) atoms. The first-order valence-electron chi connectivity index (χ1n) is 12.3. The molecule has 0 aromatic heterocycles. The average molecular weight is 558 g/mol. The summed E-state index contributed by atoms with van der Waals surface area (Å²) in [6, 6.07) is 24.5. The molecule has 0 saturated heterocycles. The molecule has 0 spiro atoms. The van der Waals surface area contributed by atoms with Crippen LogP contribution in [0.15, 0.2) is 94.7 Å². The Balaban J connectivity index is 1.59. The lowest BCUT2D eigenvalue weighted by atomic mass is 9.82. The number of rotatable bonds is 8. The molecule has 198 valence electrons. The lowest BCUT2D eigenvalue weighted by molar-refractivity contribution is -0.140. The molecule has 3 aromatic carbocycles. The van der Waals surface area contributed by atoms with Gasteiger partial charge in [-0.25, -0.2) is 4.79 Å². The number of halogens is 1. The number of carbonyl (C=O) groups is 2. The zero-order valence-electron chi connectivity index (χ0n) is 21.9. The predicted octanol–water partition coefficient (Wildman–Crippen LogP) is 6.77. The molecule has 6 nitrogen and oxygen atoms in total. The number of amides is 1. The van der Waals surface area contributed by atoms with Gasteiger partial charge in [0.2, 0.25) is 5.91 Å². The van der Waals surface area contributed by atoms with E-state index in [-0.39, 0.29) is 18.3 Å². The number of hydrogen-bond donors (Lipinski definition) is 2. The minimum atomic E-state index is -0.679. The lowest BCUT2D eigenvalue weighted by Gasteiger charge is -2.29. The standard InChI is InChI=1S/C31H28ClN3O3S/c1-19-9-14-26(20(2)15-19)35-27(36)18-39-30-25(16-33)29(23-10-12-24(32)13-11-23)28(21(3)34-30)31(37)38-17-22-7-5-4-6-8-22/h4-15,29,34H,17-18H2,1-3H3,(H,35,36). The van der Waals surface area contributed by atoms with Crippen LogP contribution in [0.4, 0.5) is 5.69 Å². The molecule has 0 saturated carbocycles. The quantitative estimate of drug-likeness (QED) is 0.297. The molecule has 1 unspecified atom stereocenters. The van der Waals surface area contributed by atoms with E-state index in [0.29, 0.717) is 26.9 Å². The van der Waals surface area contributed by atoms with E-state index >= 15 is 0 Å². The second-order valence-electron chi connectivity index (χ2n) is 9.22. The molecule has 8 heteroatoms. The Bertz CT molecular complexity index is 1490. The van der Waals surface area contributed by atoms with Gasteiger partial charge in [-0.05, 0) is 55.7 Å². The number of aryl methyl sites for hydroxylation is 2. The highest BCUT2D eigenvalue weighted by atomic mass is 35.5. The van der Waals surface area contributed by atoms with Gasteiger partial charge < -0.3 is 15.4 Å². The summed E-state index contributed by atoms with van der Waals surface area (Å²) < 4.78 is 5.66. The van der Waals surface area contributed by atoms with Crippen LogP contribution in [0.25, 0.3) is 0 Å². The van der Waals surface area contributed by atoms with E-state index in [1.165, 1.54) is 11.8 Å². The maximum absolute atomic E-state index is 13.4. The lowest BCUT2D eigenvalue weighted by Crippen LogP contribution is -2.29. The zero-order chi connectivity index (χ0) is 27.9. The molecule has 1 aliphatic rings. The van der Waals surface area contributed by atoms with Gasteiger partial charge in [0.15, 0.2) is 0 Å². The maximum atomic E-state index is 13.4. The van der Waals surface area contributed by atoms with Crippen molar-refractivity contribution in [1.82, 2.24) is 5.32 Å². The zero-order valence-corrected chi connectivity index (χ0v) is 23.5. The fourth-order valence-corrected chi connectivity index (χ4v) is 5.38. The van der Waals surface area contributed by atoms with Crippen LogP contribution in [0.3, 0.4) is 0 Å². The highest BCUT2D eigenvalue weighted by Gasteiger charge is 2.35. The second-order valence-corrected chi connectivity index (χ2v) is 10.6. The fourth-order valence-electron chi connectivity index (χ4n) is 4.36. The first-order valence-corrected chi connectivity index (χ1v) is 13.7. The molecule has 1 atom stereocenters. The normalized spacial score (nSPS) is 14.9. The summed E-state index contributed by atoms with van der Waals surface area (Å²) in [5.74, 6) is -1.32. The van der Waals surface area contributed by atoms with Crippen molar-refractivity contribution in [2.45, 2.75) is 33.3 Å². The molecular formula is C31H28ClN3O3S. The summed E-state index contributed by atoms with van der Waals surface area (Å²) in [7, 11) is 0. The number of carbonyl (C=O) groups excluding carboxylic acids is 2. The third-order valence-electron chi connectivity index (χ3n) is 6.29. The molecule has 0 bridgehead atoms. The molecule has 1 aliphatic heterocycles. The van der Waals surface area contributed by atoms with E-state index in [1.54, 1.807) is 31.2 Å². The van der Waals surface area contributed by atoms with Gasteiger partial charge in [-0.15, -0.1) is 0 Å². The van der Waals surface area contributed by atoms with Crippen molar-refractivity contribution in [3.8, 4) is 6.07 Å². The van der Waals surface area contributed by atoms with E-state index in [0.717, 1.165) is 27.9 Å². The van der Waals surface area contributed by atoms with Crippen molar-refractivity contribution < 1.29 is 14.3 Å². The van der Waals surface area contributed by atoms with Crippen LogP contribution in [0.1, 0.15) is 35.1 Å². The van der Waals surface area contributed by atoms with Crippen LogP contribution in [0.5, 0.6) is 0 Å². The van der Waals surface area contributed by atoms with Crippen molar-refractivity contribution in [3.05, 3.63) is 122 Å². The summed E-state index contributed by atoms with van der Waals surface area (Å²) in [5, 5.41) is 17.4. The smallest absolute Gasteiger partial charge is 0.337 e. The number of benzene rings is 3. The fraction of sp³-hybridized carbons (Fsp3) is 0.194. The van der Waals surface area contributed by atoms with E-state index in [2.05, 4.69) is 16.7 Å². The van der Waals surface area contributed by atoms with Crippen LogP contribution in [0.2, 0.25) is 5.02 Å². The minimum absolute atomic E-state index is 0.0786. The van der Waals surface area contributed by atoms with Gasteiger partial charge in [0, 0.05) is 16.4 Å². The number of esters is 1. The topological polar surface area (TPSA) is 91.2 Å². The number of ether oxygens (including phenoxy) is 1. The first-order chi connectivity index (χ1) is 18.8. The highest BCUT2D eigenvalue weighted by Crippen LogP contribution is 2.41. The van der Waals surface area contributed by atoms with Crippen molar-refractivity contribution >= 4 is 40.9 Å². The van der Waals surface area contributed by atoms with Crippen LogP contribution >= 0.6 is 23.4 Å². The number of nitrogens with one attached hydrogen (secondary N) is 2. The number of nitrogens with zero attached hydrogens (tertiary/aromatic N) is 1. The number of nitriles is 1. The van der Waals surface area contributed by atoms with E-state index in [9.17, 15) is 14.9 Å². The molecule has 3 aromatic rings. The number of hydrogen-bond acceptors (Lipinski definition) is 6. The third kappa shape index (κ3) is 6.91. The van der Waals surface area contributed by atoms with Gasteiger partial charge in [-0.2, -0.15) is 5.26 Å². The number of dihydropyridines is 1. The van der Waals surface area contributed by atoms with Crippen LogP contribution < -0.4 is 10.6 Å². The molecule has 1 heterocycles. The summed E-state index contributed by atoms with van der Waals surface area (Å²) in [6.07, 6.45) is 0. The highest BCUT2D eigenvalue weighted by molar-refractivity contribution is 8.03. The van der Waals surface area contributed by atoms with E-state index < -0.39 is 11.9 Å². The molecular weight excluding hydrogens is 530 g/mol. The Morgan fingerprint density at radius 2 is 1.77 bits per heavy atom. The van der Waals surface area contributed by atoms with Crippen LogP contribution in [-0.4, -0.2) is 17.6 Å². The average Bonchev–Trinajstić information content (AvgIpc) is 2.92. The molecule has 0 aliphatic carbocycles. The Morgan fingerprint density at radius 3 is 2.44 bits per heavy atom. The molecule has 4 rings (SSSR count). The largest absolute Gasteiger partial charge is 0.457 e. The maximum Gasteiger partial charge on any atom is 0.337 e. The number of allylic oxidation sites excluding steroid dienone is 2. The Morgan fingerprint density at radius 1 is 1.05 bits per heavy atom. The van der Waals surface area contributed by atoms with Crippen molar-refractivity contribution in [3.63, 3.8) is 0 Å². The van der Waals surface area contributed by atoms with E-state index in [4.69, 9.17) is 16.3 Å². The predicted molar refractivity (Wildman–Crippen MR) is 156 cm³/mol. The summed E-state index contributed by atoms with van der Waals surface area (Å²) in [4.78, 5) is 26.2. The second kappa shape index (κ2) is 12.7. The van der Waals surface area contributed by atoms with Crippen LogP contribution in [-0.2, 0) is 20.9 Å². The van der Waals surface area contributed by atoms with Gasteiger partial charge in [0.25, 0.3) is 0 Å². The van der Waals surface area contributed by atoms with Gasteiger partial charge in [-0.3, -0.25) is 4.79 Å². The van der Waals surface area contributed by atoms with E-state index in [1.807, 2.05) is 62.4 Å². The van der Waals surface area contributed by atoms with Gasteiger partial charge in [0.05, 0.1) is 33.9 Å². The van der Waals surface area contributed by atoms with Crippen LogP contribution in [0, 0.1) is 25.2 Å². The third-order valence-corrected chi connectivity index (χ3v) is 7.56. The molecule has 2 N–H and O–H groups in total. The van der Waals surface area contributed by atoms with Gasteiger partial charge in [-0.1, -0.05) is 83.5 Å². The Kier molecular flexibility index (Phi) is 9.13. The minimum Gasteiger partial charge on any atom is -0.457 e. The summed E-state index contributed by atoms with van der Waals surface area (Å²) >= 11 is 7.34. The molecule has 1 amide bonds. The van der Waals surface area contributed by atoms with Crippen molar-refractivity contribution in [2.75, 3.05) is 11.1 Å². The molecule has 0 radical (unpaired) electrons. The SMILES string of the molecule is CC1=C(C(=O)OCc2ccccc2)C(c2ccc(Cl)cc2)C(C#N)=C(SCC(=O)Nc2ccc(C)cc2C)N1. The summed E-state index contributed by atoms with van der Waals surface area (Å²) in [6.45, 7) is 5.82. The molecule has 0 fully saturated rings. The Hall–Kier alpha value is -3.99. The first kappa shape index (κ1) is 28.0. The Labute approximate surface area is 237 Å². The van der Waals surface area contributed by atoms with Gasteiger partial charge in [0.1, 0.15) is 6.61 Å². The number of anilines is 1. The summed E-state index contributed by atoms with van der Waals surface area (Å²) in [5.41, 5.74) is 5.65.